The molecule has 9 nitrogen and oxygen atoms in total. The Morgan fingerprint density at radius 2 is 0.688 bits per heavy atom. The largest absolute Gasteiger partial charge is 0.472 e. The number of rotatable bonds is 52. The van der Waals surface area contributed by atoms with Crippen LogP contribution in [0, 0.1) is 0 Å². The van der Waals surface area contributed by atoms with Crippen LogP contribution in [0.1, 0.15) is 181 Å². The van der Waals surface area contributed by atoms with Crippen molar-refractivity contribution in [3.8, 4) is 0 Å². The van der Waals surface area contributed by atoms with Crippen molar-refractivity contribution in [2.75, 3.05) is 47.5 Å². The lowest BCUT2D eigenvalue weighted by molar-refractivity contribution is -0.870. The average Bonchev–Trinajstić information content (AvgIpc) is 3.42. The standard InChI is InChI=1S/C70H108NO8P/c1-6-8-10-12-14-16-18-20-22-24-26-28-30-31-32-33-34-35-36-37-38-39-41-43-45-47-49-51-53-55-57-59-61-63-70(73)79-68(67-78-80(74,75)77-65-64-71(3,4)5)66-76-69(72)62-60-58-56-54-52-50-48-46-44-42-40-29-27-25-23-21-19-17-15-13-11-9-7-2/h8-11,14-17,20-23,26-29,31-32,34-35,37-38,41-44,47-50,54,56,68H,6-7,12-13,18-19,24-25,30,33,36,39-40,45-46,51-53,55,57-67H2,1-5H3/p+1/b10-8-,11-9-,16-14-,17-15-,22-20-,23-21-,28-26-,29-27-,32-31-,35-34-,38-37-,43-41-,44-42-,49-47-,50-48-,56-54-. The molecule has 0 aliphatic carbocycles. The van der Waals surface area contributed by atoms with Crippen LogP contribution in [0.4, 0.5) is 0 Å². The molecule has 0 spiro atoms. The van der Waals surface area contributed by atoms with Gasteiger partial charge < -0.3 is 18.9 Å². The third kappa shape index (κ3) is 62.1. The van der Waals surface area contributed by atoms with Gasteiger partial charge >= 0.3 is 19.8 Å². The summed E-state index contributed by atoms with van der Waals surface area (Å²) in [5.41, 5.74) is 0. The van der Waals surface area contributed by atoms with Crippen LogP contribution < -0.4 is 0 Å². The molecule has 446 valence electrons. The lowest BCUT2D eigenvalue weighted by atomic mass is 10.1. The van der Waals surface area contributed by atoms with Crippen molar-refractivity contribution in [3.05, 3.63) is 194 Å². The number of hydrogen-bond donors (Lipinski definition) is 1. The van der Waals surface area contributed by atoms with Gasteiger partial charge in [0.25, 0.3) is 0 Å². The van der Waals surface area contributed by atoms with Gasteiger partial charge in [-0.2, -0.15) is 0 Å². The number of likely N-dealkylation sites (N-methyl/N-ethyl adjacent to an activating group) is 1. The Hall–Kier alpha value is -5.15. The molecule has 80 heavy (non-hydrogen) atoms. The van der Waals surface area contributed by atoms with Crippen molar-refractivity contribution < 1.29 is 42.1 Å². The summed E-state index contributed by atoms with van der Waals surface area (Å²) < 4.78 is 34.5. The normalized spacial score (nSPS) is 14.6. The van der Waals surface area contributed by atoms with Gasteiger partial charge in [0, 0.05) is 12.8 Å². The first kappa shape index (κ1) is 74.8. The summed E-state index contributed by atoms with van der Waals surface area (Å²) in [6.07, 6.45) is 92.2. The van der Waals surface area contributed by atoms with E-state index < -0.39 is 32.5 Å². The summed E-state index contributed by atoms with van der Waals surface area (Å²) in [5.74, 6) is -0.910. The topological polar surface area (TPSA) is 108 Å². The van der Waals surface area contributed by atoms with Crippen LogP contribution in [-0.4, -0.2) is 74.9 Å². The smallest absolute Gasteiger partial charge is 0.462 e. The van der Waals surface area contributed by atoms with Crippen molar-refractivity contribution in [1.29, 1.82) is 0 Å². The van der Waals surface area contributed by atoms with Gasteiger partial charge in [-0.25, -0.2) is 4.57 Å². The zero-order valence-electron chi connectivity index (χ0n) is 50.5. The molecule has 0 rings (SSSR count). The predicted molar refractivity (Wildman–Crippen MR) is 343 cm³/mol. The summed E-state index contributed by atoms with van der Waals surface area (Å²) in [6.45, 7) is 4.07. The van der Waals surface area contributed by atoms with Crippen molar-refractivity contribution in [1.82, 2.24) is 0 Å². The van der Waals surface area contributed by atoms with E-state index in [2.05, 4.69) is 208 Å². The molecule has 0 saturated heterocycles. The van der Waals surface area contributed by atoms with E-state index in [4.69, 9.17) is 18.5 Å². The monoisotopic (exact) mass is 1120 g/mol. The van der Waals surface area contributed by atoms with Crippen LogP contribution >= 0.6 is 7.82 Å². The first-order valence-electron chi connectivity index (χ1n) is 30.2. The Kier molecular flexibility index (Phi) is 54.7. The summed E-state index contributed by atoms with van der Waals surface area (Å²) >= 11 is 0. The number of allylic oxidation sites excluding steroid dienone is 32. The van der Waals surface area contributed by atoms with Gasteiger partial charge in [0.05, 0.1) is 27.7 Å². The maximum Gasteiger partial charge on any atom is 0.472 e. The molecule has 0 aromatic rings. The van der Waals surface area contributed by atoms with E-state index in [1.807, 2.05) is 21.1 Å². The summed E-state index contributed by atoms with van der Waals surface area (Å²) in [6, 6.07) is 0. The SMILES string of the molecule is CC/C=C\C/C=C\C/C=C\C/C=C\C/C=C\C/C=C\C/C=C\C/C=C\C/C=C\CCCCCCCC(=O)OC(COC(=O)CCC/C=C\C/C=C\C/C=C\C/C=C\C/C=C\C/C=C\C/C=C\CC)COP(=O)(O)OCC[N+](C)(C)C. The minimum atomic E-state index is -4.42. The first-order chi connectivity index (χ1) is 39.0. The van der Waals surface area contributed by atoms with E-state index in [0.717, 1.165) is 141 Å². The molecule has 0 bridgehead atoms. The van der Waals surface area contributed by atoms with Gasteiger partial charge in [0.2, 0.25) is 0 Å². The van der Waals surface area contributed by atoms with E-state index in [1.54, 1.807) is 0 Å². The molecular formula is C70H109NO8P+. The highest BCUT2D eigenvalue weighted by molar-refractivity contribution is 7.47. The van der Waals surface area contributed by atoms with E-state index >= 15 is 0 Å². The van der Waals surface area contributed by atoms with Crippen LogP contribution in [0.3, 0.4) is 0 Å². The highest BCUT2D eigenvalue weighted by Gasteiger charge is 2.27. The van der Waals surface area contributed by atoms with Crippen LogP contribution in [0.25, 0.3) is 0 Å². The number of phosphoric ester groups is 1. The van der Waals surface area contributed by atoms with Crippen LogP contribution in [0.15, 0.2) is 194 Å². The molecule has 2 unspecified atom stereocenters. The number of phosphoric acid groups is 1. The Morgan fingerprint density at radius 1 is 0.388 bits per heavy atom. The zero-order valence-corrected chi connectivity index (χ0v) is 51.4. The van der Waals surface area contributed by atoms with Gasteiger partial charge in [-0.15, -0.1) is 0 Å². The van der Waals surface area contributed by atoms with Gasteiger partial charge in [0.1, 0.15) is 19.8 Å². The molecule has 0 aromatic heterocycles. The van der Waals surface area contributed by atoms with Gasteiger partial charge in [-0.3, -0.25) is 18.6 Å². The number of unbranched alkanes of at least 4 members (excludes halogenated alkanes) is 6. The fraction of sp³-hybridized carbons (Fsp3) is 0.514. The second-order valence-electron chi connectivity index (χ2n) is 20.3. The van der Waals surface area contributed by atoms with E-state index in [-0.39, 0.29) is 26.1 Å². The second-order valence-corrected chi connectivity index (χ2v) is 21.7. The van der Waals surface area contributed by atoms with Crippen molar-refractivity contribution in [2.45, 2.75) is 187 Å². The molecular weight excluding hydrogens is 1010 g/mol. The fourth-order valence-electron chi connectivity index (χ4n) is 7.05. The minimum absolute atomic E-state index is 0.00588. The van der Waals surface area contributed by atoms with E-state index in [9.17, 15) is 19.0 Å². The van der Waals surface area contributed by atoms with Crippen LogP contribution in [0.5, 0.6) is 0 Å². The molecule has 0 aromatic carbocycles. The predicted octanol–water partition coefficient (Wildman–Crippen LogP) is 19.4. The maximum atomic E-state index is 12.8. The number of esters is 2. The molecule has 0 aliphatic rings. The molecule has 2 atom stereocenters. The van der Waals surface area contributed by atoms with Gasteiger partial charge in [0.15, 0.2) is 6.10 Å². The Bertz CT molecular complexity index is 2050. The highest BCUT2D eigenvalue weighted by atomic mass is 31.2. The molecule has 0 amide bonds. The van der Waals surface area contributed by atoms with Crippen LogP contribution in [0.2, 0.25) is 0 Å². The third-order valence-electron chi connectivity index (χ3n) is 11.6. The van der Waals surface area contributed by atoms with Crippen molar-refractivity contribution >= 4 is 19.8 Å². The van der Waals surface area contributed by atoms with Gasteiger partial charge in [-0.05, 0) is 135 Å². The summed E-state index contributed by atoms with van der Waals surface area (Å²) in [4.78, 5) is 35.7. The lowest BCUT2D eigenvalue weighted by Gasteiger charge is -2.24. The zero-order chi connectivity index (χ0) is 58.4. The molecule has 0 aliphatic heterocycles. The molecule has 0 radical (unpaired) electrons. The van der Waals surface area contributed by atoms with E-state index in [0.29, 0.717) is 23.9 Å². The lowest BCUT2D eigenvalue weighted by Crippen LogP contribution is -2.37. The number of ether oxygens (including phenoxy) is 2. The molecule has 1 N–H and O–H groups in total. The quantitative estimate of drug-likeness (QED) is 0.0211. The van der Waals surface area contributed by atoms with Gasteiger partial charge in [-0.1, -0.05) is 228 Å². The summed E-state index contributed by atoms with van der Waals surface area (Å²) in [5, 5.41) is 0. The Balaban J connectivity index is 4.35. The number of carbonyl (C=O) groups is 2. The molecule has 10 heteroatoms. The Labute approximate surface area is 488 Å². The number of nitrogens with zero attached hydrogens (tertiary/aromatic N) is 1. The third-order valence-corrected chi connectivity index (χ3v) is 12.6. The second kappa shape index (κ2) is 58.5. The number of hydrogen-bond acceptors (Lipinski definition) is 7. The van der Waals surface area contributed by atoms with Crippen molar-refractivity contribution in [2.24, 2.45) is 0 Å². The first-order valence-corrected chi connectivity index (χ1v) is 31.7. The minimum Gasteiger partial charge on any atom is -0.462 e. The average molecular weight is 1120 g/mol. The number of quaternary nitrogens is 1. The van der Waals surface area contributed by atoms with Crippen LogP contribution in [-0.2, 0) is 32.7 Å². The highest BCUT2D eigenvalue weighted by Crippen LogP contribution is 2.43. The summed E-state index contributed by atoms with van der Waals surface area (Å²) in [7, 11) is 1.40. The number of carbonyl (C=O) groups excluding carboxylic acids is 2. The van der Waals surface area contributed by atoms with Crippen molar-refractivity contribution in [3.63, 3.8) is 0 Å². The molecule has 0 saturated carbocycles. The van der Waals surface area contributed by atoms with E-state index in [1.165, 1.54) is 0 Å². The Morgan fingerprint density at radius 3 is 1.04 bits per heavy atom. The maximum absolute atomic E-state index is 12.8. The fourth-order valence-corrected chi connectivity index (χ4v) is 7.79. The molecule has 0 heterocycles. The molecule has 0 fully saturated rings.